The van der Waals surface area contributed by atoms with Crippen molar-refractivity contribution in [2.75, 3.05) is 23.5 Å². The van der Waals surface area contributed by atoms with E-state index in [4.69, 9.17) is 5.73 Å². The van der Waals surface area contributed by atoms with E-state index in [2.05, 4.69) is 0 Å². The predicted octanol–water partition coefficient (Wildman–Crippen LogP) is 1.67. The first-order chi connectivity index (χ1) is 10.1. The highest BCUT2D eigenvalue weighted by Crippen LogP contribution is 2.35. The Labute approximate surface area is 128 Å². The topological polar surface area (TPSA) is 83.6 Å². The molecular formula is C15H20N2O3S. The van der Waals surface area contributed by atoms with Gasteiger partial charge in [0.25, 0.3) is 0 Å². The minimum absolute atomic E-state index is 0.125. The van der Waals surface area contributed by atoms with E-state index in [1.54, 1.807) is 34.9 Å². The number of para-hydroxylation sites is 1. The Hall–Kier alpha value is -1.53. The molecule has 1 unspecified atom stereocenters. The molecule has 2 atom stereocenters. The molecule has 0 bridgehead atoms. The summed E-state index contributed by atoms with van der Waals surface area (Å²) in [5, 5.41) is 9.30. The molecule has 1 aromatic carbocycles. The molecule has 0 spiro atoms. The van der Waals surface area contributed by atoms with Crippen LogP contribution in [-0.2, 0) is 9.59 Å². The van der Waals surface area contributed by atoms with Gasteiger partial charge in [-0.3, -0.25) is 9.59 Å². The van der Waals surface area contributed by atoms with Gasteiger partial charge in [0.2, 0.25) is 5.91 Å². The molecule has 6 heteroatoms. The van der Waals surface area contributed by atoms with E-state index in [1.807, 2.05) is 12.3 Å². The van der Waals surface area contributed by atoms with Crippen molar-refractivity contribution in [2.24, 2.45) is 5.73 Å². The van der Waals surface area contributed by atoms with Crippen LogP contribution in [0.2, 0.25) is 0 Å². The Morgan fingerprint density at radius 3 is 2.86 bits per heavy atom. The molecule has 1 heterocycles. The number of nitrogens with two attached hydrogens (primary N) is 1. The van der Waals surface area contributed by atoms with Crippen molar-refractivity contribution in [3.05, 3.63) is 29.8 Å². The Bertz CT molecular complexity index is 535. The summed E-state index contributed by atoms with van der Waals surface area (Å²) in [6.07, 6.45) is 3.03. The molecule has 0 radical (unpaired) electrons. The molecule has 1 aliphatic heterocycles. The first kappa shape index (κ1) is 15.9. The van der Waals surface area contributed by atoms with E-state index < -0.39 is 17.9 Å². The SMILES string of the molecule is CSCC[C@@H](N)C(=O)N1CCC(C(=O)O)c2ccccc21. The monoisotopic (exact) mass is 308 g/mol. The van der Waals surface area contributed by atoms with E-state index in [0.29, 0.717) is 30.6 Å². The average Bonchev–Trinajstić information content (AvgIpc) is 2.50. The lowest BCUT2D eigenvalue weighted by Gasteiger charge is -2.34. The van der Waals surface area contributed by atoms with Gasteiger partial charge in [-0.05, 0) is 36.5 Å². The fourth-order valence-electron chi connectivity index (χ4n) is 2.62. The second kappa shape index (κ2) is 6.95. The molecule has 0 aromatic heterocycles. The number of anilines is 1. The Balaban J connectivity index is 2.24. The number of carboxylic acid groups (broad SMARTS) is 1. The summed E-state index contributed by atoms with van der Waals surface area (Å²) in [6.45, 7) is 0.403. The summed E-state index contributed by atoms with van der Waals surface area (Å²) in [5.41, 5.74) is 7.34. The molecule has 0 aliphatic carbocycles. The van der Waals surface area contributed by atoms with Crippen LogP contribution in [0.5, 0.6) is 0 Å². The quantitative estimate of drug-likeness (QED) is 0.864. The van der Waals surface area contributed by atoms with Crippen molar-refractivity contribution in [2.45, 2.75) is 24.8 Å². The lowest BCUT2D eigenvalue weighted by Crippen LogP contribution is -2.47. The number of fused-ring (bicyclic) bond motifs is 1. The molecule has 0 fully saturated rings. The third-order valence-corrected chi connectivity index (χ3v) is 4.40. The summed E-state index contributed by atoms with van der Waals surface area (Å²) in [4.78, 5) is 25.5. The molecule has 21 heavy (non-hydrogen) atoms. The average molecular weight is 308 g/mol. The second-order valence-electron chi connectivity index (χ2n) is 5.12. The van der Waals surface area contributed by atoms with Crippen LogP contribution < -0.4 is 10.6 Å². The largest absolute Gasteiger partial charge is 0.481 e. The molecule has 0 saturated carbocycles. The summed E-state index contributed by atoms with van der Waals surface area (Å²) in [5.74, 6) is -0.686. The number of carboxylic acids is 1. The Morgan fingerprint density at radius 1 is 1.48 bits per heavy atom. The molecule has 1 aromatic rings. The highest BCUT2D eigenvalue weighted by Gasteiger charge is 2.33. The second-order valence-corrected chi connectivity index (χ2v) is 6.10. The smallest absolute Gasteiger partial charge is 0.311 e. The normalized spacial score (nSPS) is 19.0. The van der Waals surface area contributed by atoms with Gasteiger partial charge in [0.05, 0.1) is 12.0 Å². The molecule has 1 amide bonds. The third kappa shape index (κ3) is 3.39. The Morgan fingerprint density at radius 2 is 2.19 bits per heavy atom. The molecule has 3 N–H and O–H groups in total. The maximum Gasteiger partial charge on any atom is 0.311 e. The minimum atomic E-state index is -0.846. The van der Waals surface area contributed by atoms with Gasteiger partial charge in [-0.2, -0.15) is 11.8 Å². The minimum Gasteiger partial charge on any atom is -0.481 e. The maximum atomic E-state index is 12.5. The fourth-order valence-corrected chi connectivity index (χ4v) is 3.11. The van der Waals surface area contributed by atoms with Crippen LogP contribution in [0.1, 0.15) is 24.3 Å². The Kier molecular flexibility index (Phi) is 5.25. The summed E-state index contributed by atoms with van der Waals surface area (Å²) in [6, 6.07) is 6.66. The van der Waals surface area contributed by atoms with Gasteiger partial charge in [-0.15, -0.1) is 0 Å². The molecule has 1 aliphatic rings. The summed E-state index contributed by atoms with van der Waals surface area (Å²) >= 11 is 1.66. The van der Waals surface area contributed by atoms with Gasteiger partial charge in [-0.1, -0.05) is 18.2 Å². The van der Waals surface area contributed by atoms with Crippen LogP contribution in [-0.4, -0.2) is 41.6 Å². The number of rotatable bonds is 5. The van der Waals surface area contributed by atoms with E-state index in [1.165, 1.54) is 0 Å². The number of hydrogen-bond donors (Lipinski definition) is 2. The molecule has 5 nitrogen and oxygen atoms in total. The predicted molar refractivity (Wildman–Crippen MR) is 84.8 cm³/mol. The van der Waals surface area contributed by atoms with Crippen molar-refractivity contribution >= 4 is 29.3 Å². The van der Waals surface area contributed by atoms with Gasteiger partial charge in [-0.25, -0.2) is 0 Å². The van der Waals surface area contributed by atoms with E-state index in [9.17, 15) is 14.7 Å². The summed E-state index contributed by atoms with van der Waals surface area (Å²) in [7, 11) is 0. The van der Waals surface area contributed by atoms with Crippen LogP contribution in [0.3, 0.4) is 0 Å². The standard InChI is InChI=1S/C15H20N2O3S/c1-21-9-7-12(16)14(18)17-8-6-11(15(19)20)10-4-2-3-5-13(10)17/h2-5,11-12H,6-9,16H2,1H3,(H,19,20)/t11?,12-/m1/s1. The summed E-state index contributed by atoms with van der Waals surface area (Å²) < 4.78 is 0. The lowest BCUT2D eigenvalue weighted by molar-refractivity contribution is -0.139. The van der Waals surface area contributed by atoms with E-state index in [0.717, 1.165) is 5.75 Å². The number of hydrogen-bond acceptors (Lipinski definition) is 4. The zero-order valence-electron chi connectivity index (χ0n) is 12.0. The van der Waals surface area contributed by atoms with E-state index in [-0.39, 0.29) is 5.91 Å². The van der Waals surface area contributed by atoms with Crippen molar-refractivity contribution < 1.29 is 14.7 Å². The number of nitrogens with zero attached hydrogens (tertiary/aromatic N) is 1. The maximum absolute atomic E-state index is 12.5. The number of benzene rings is 1. The number of amides is 1. The van der Waals surface area contributed by atoms with Crippen molar-refractivity contribution in [1.82, 2.24) is 0 Å². The van der Waals surface area contributed by atoms with Gasteiger partial charge >= 0.3 is 5.97 Å². The first-order valence-electron chi connectivity index (χ1n) is 6.94. The van der Waals surface area contributed by atoms with Crippen LogP contribution in [0, 0.1) is 0 Å². The van der Waals surface area contributed by atoms with Crippen molar-refractivity contribution in [3.8, 4) is 0 Å². The highest BCUT2D eigenvalue weighted by molar-refractivity contribution is 7.98. The molecule has 0 saturated heterocycles. The van der Waals surface area contributed by atoms with E-state index >= 15 is 0 Å². The van der Waals surface area contributed by atoms with Crippen LogP contribution >= 0.6 is 11.8 Å². The zero-order valence-corrected chi connectivity index (χ0v) is 12.8. The number of aliphatic carboxylic acids is 1. The fraction of sp³-hybridized carbons (Fsp3) is 0.467. The lowest BCUT2D eigenvalue weighted by atomic mass is 9.89. The number of carbonyl (C=O) groups is 2. The van der Waals surface area contributed by atoms with Crippen molar-refractivity contribution in [1.29, 1.82) is 0 Å². The van der Waals surface area contributed by atoms with Crippen molar-refractivity contribution in [3.63, 3.8) is 0 Å². The van der Waals surface area contributed by atoms with Gasteiger partial charge in [0.15, 0.2) is 0 Å². The number of carbonyl (C=O) groups excluding carboxylic acids is 1. The zero-order chi connectivity index (χ0) is 15.4. The van der Waals surface area contributed by atoms with Gasteiger partial charge in [0.1, 0.15) is 0 Å². The molecular weight excluding hydrogens is 288 g/mol. The molecule has 2 rings (SSSR count). The van der Waals surface area contributed by atoms with Crippen LogP contribution in [0.4, 0.5) is 5.69 Å². The van der Waals surface area contributed by atoms with Gasteiger partial charge < -0.3 is 15.7 Å². The van der Waals surface area contributed by atoms with Gasteiger partial charge in [0, 0.05) is 12.2 Å². The van der Waals surface area contributed by atoms with Crippen LogP contribution in [0.15, 0.2) is 24.3 Å². The third-order valence-electron chi connectivity index (χ3n) is 3.76. The molecule has 114 valence electrons. The highest BCUT2D eigenvalue weighted by atomic mass is 32.2. The van der Waals surface area contributed by atoms with Crippen LogP contribution in [0.25, 0.3) is 0 Å². The first-order valence-corrected chi connectivity index (χ1v) is 8.33. The number of thioether (sulfide) groups is 1.